The minimum atomic E-state index is -0.381. The average Bonchev–Trinajstić information content (AvgIpc) is 2.77. The highest BCUT2D eigenvalue weighted by molar-refractivity contribution is 7.14. The third-order valence-corrected chi connectivity index (χ3v) is 2.72. The normalized spacial score (nSPS) is 9.06. The van der Waals surface area contributed by atoms with E-state index >= 15 is 0 Å². The predicted molar refractivity (Wildman–Crippen MR) is 63.8 cm³/mol. The van der Waals surface area contributed by atoms with Gasteiger partial charge < -0.3 is 9.47 Å². The molecule has 0 aliphatic rings. The van der Waals surface area contributed by atoms with E-state index in [0.29, 0.717) is 11.5 Å². The summed E-state index contributed by atoms with van der Waals surface area (Å²) in [6.45, 7) is 2.10. The second-order valence-electron chi connectivity index (χ2n) is 2.94. The van der Waals surface area contributed by atoms with Gasteiger partial charge in [0.15, 0.2) is 0 Å². The summed E-state index contributed by atoms with van der Waals surface area (Å²) in [5.74, 6) is 4.76. The van der Waals surface area contributed by atoms with Crippen molar-refractivity contribution in [2.75, 3.05) is 13.7 Å². The fraction of sp³-hybridized carbons (Fsp3) is 0.333. The van der Waals surface area contributed by atoms with Crippen LogP contribution in [-0.4, -0.2) is 25.7 Å². The highest BCUT2D eigenvalue weighted by Gasteiger charge is 2.07. The van der Waals surface area contributed by atoms with E-state index < -0.39 is 0 Å². The Morgan fingerprint density at radius 3 is 2.82 bits per heavy atom. The maximum Gasteiger partial charge on any atom is 0.348 e. The summed E-state index contributed by atoms with van der Waals surface area (Å²) in [4.78, 5) is 23.4. The first-order valence-corrected chi connectivity index (χ1v) is 5.81. The van der Waals surface area contributed by atoms with Crippen molar-refractivity contribution in [3.8, 4) is 11.8 Å². The highest BCUT2D eigenvalue weighted by Crippen LogP contribution is 2.16. The van der Waals surface area contributed by atoms with E-state index in [2.05, 4.69) is 16.6 Å². The quantitative estimate of drug-likeness (QED) is 0.608. The number of thiophene rings is 1. The molecule has 17 heavy (non-hydrogen) atoms. The van der Waals surface area contributed by atoms with Gasteiger partial charge in [-0.2, -0.15) is 0 Å². The Bertz CT molecular complexity index is 464. The molecule has 0 spiro atoms. The van der Waals surface area contributed by atoms with Gasteiger partial charge in [0.2, 0.25) is 0 Å². The lowest BCUT2D eigenvalue weighted by atomic mass is 10.4. The smallest absolute Gasteiger partial charge is 0.348 e. The molecule has 1 heterocycles. The lowest BCUT2D eigenvalue weighted by molar-refractivity contribution is -0.141. The molecule has 0 saturated heterocycles. The van der Waals surface area contributed by atoms with Gasteiger partial charge in [0, 0.05) is 0 Å². The zero-order valence-corrected chi connectivity index (χ0v) is 10.4. The van der Waals surface area contributed by atoms with Crippen molar-refractivity contribution < 1.29 is 19.1 Å². The number of hydrogen-bond donors (Lipinski definition) is 0. The Hall–Kier alpha value is -1.80. The van der Waals surface area contributed by atoms with Gasteiger partial charge in [-0.3, -0.25) is 4.79 Å². The molecular weight excluding hydrogens is 240 g/mol. The molecule has 0 N–H and O–H groups in total. The van der Waals surface area contributed by atoms with Gasteiger partial charge in [-0.1, -0.05) is 11.8 Å². The molecule has 0 saturated carbocycles. The fourth-order valence-electron chi connectivity index (χ4n) is 1.03. The van der Waals surface area contributed by atoms with Gasteiger partial charge in [0.1, 0.15) is 11.3 Å². The summed E-state index contributed by atoms with van der Waals surface area (Å²) in [7, 11) is 1.33. The van der Waals surface area contributed by atoms with Crippen LogP contribution < -0.4 is 0 Å². The molecule has 4 nitrogen and oxygen atoms in total. The SMILES string of the molecule is CCOC(=O)CC#Cc1ccc(C(=O)OC)s1. The Balaban J connectivity index is 2.58. The molecule has 90 valence electrons. The lowest BCUT2D eigenvalue weighted by Gasteiger charge is -1.94. The average molecular weight is 252 g/mol. The van der Waals surface area contributed by atoms with E-state index in [9.17, 15) is 9.59 Å². The molecule has 0 bridgehead atoms. The second kappa shape index (κ2) is 6.71. The van der Waals surface area contributed by atoms with Crippen LogP contribution in [0, 0.1) is 11.8 Å². The molecule has 1 aromatic rings. The molecule has 5 heteroatoms. The van der Waals surface area contributed by atoms with Crippen molar-refractivity contribution >= 4 is 23.3 Å². The van der Waals surface area contributed by atoms with E-state index in [4.69, 9.17) is 4.74 Å². The Kier molecular flexibility index (Phi) is 5.24. The second-order valence-corrected chi connectivity index (χ2v) is 4.02. The van der Waals surface area contributed by atoms with Crippen LogP contribution in [0.2, 0.25) is 0 Å². The van der Waals surface area contributed by atoms with Crippen LogP contribution in [0.1, 0.15) is 27.9 Å². The number of hydrogen-bond acceptors (Lipinski definition) is 5. The molecule has 0 aromatic carbocycles. The van der Waals surface area contributed by atoms with Crippen molar-refractivity contribution in [3.63, 3.8) is 0 Å². The van der Waals surface area contributed by atoms with Crippen LogP contribution in [0.4, 0.5) is 0 Å². The van der Waals surface area contributed by atoms with Crippen LogP contribution in [-0.2, 0) is 14.3 Å². The van der Waals surface area contributed by atoms with Crippen molar-refractivity contribution in [2.45, 2.75) is 13.3 Å². The number of esters is 2. The van der Waals surface area contributed by atoms with E-state index in [1.54, 1.807) is 19.1 Å². The maximum absolute atomic E-state index is 11.2. The molecule has 1 rings (SSSR count). The molecule has 0 unspecified atom stereocenters. The van der Waals surface area contributed by atoms with Gasteiger partial charge in [-0.05, 0) is 19.1 Å². The van der Waals surface area contributed by atoms with Gasteiger partial charge in [0.05, 0.1) is 18.6 Å². The standard InChI is InChI=1S/C12H12O4S/c1-3-16-11(13)6-4-5-9-7-8-10(17-9)12(14)15-2/h7-8H,3,6H2,1-2H3. The highest BCUT2D eigenvalue weighted by atomic mass is 32.1. The molecule has 0 fully saturated rings. The number of carbonyl (C=O) groups is 2. The molecule has 0 atom stereocenters. The first-order valence-electron chi connectivity index (χ1n) is 5.00. The summed E-state index contributed by atoms with van der Waals surface area (Å²) in [6, 6.07) is 3.36. The Labute approximate surface area is 104 Å². The van der Waals surface area contributed by atoms with Crippen molar-refractivity contribution in [2.24, 2.45) is 0 Å². The molecule has 1 aromatic heterocycles. The zero-order chi connectivity index (χ0) is 12.7. The molecular formula is C12H12O4S. The predicted octanol–water partition coefficient (Wildman–Crippen LogP) is 1.84. The van der Waals surface area contributed by atoms with Crippen LogP contribution in [0.25, 0.3) is 0 Å². The Morgan fingerprint density at radius 2 is 2.18 bits per heavy atom. The van der Waals surface area contributed by atoms with Crippen LogP contribution in [0.3, 0.4) is 0 Å². The summed E-state index contributed by atoms with van der Waals surface area (Å²) < 4.78 is 9.30. The van der Waals surface area contributed by atoms with Crippen molar-refractivity contribution in [1.82, 2.24) is 0 Å². The number of carbonyl (C=O) groups excluding carboxylic acids is 2. The summed E-state index contributed by atoms with van der Waals surface area (Å²) in [5, 5.41) is 0. The third-order valence-electron chi connectivity index (χ3n) is 1.74. The first-order chi connectivity index (χ1) is 8.17. The number of methoxy groups -OCH3 is 1. The molecule has 0 aliphatic carbocycles. The van der Waals surface area contributed by atoms with E-state index in [0.717, 1.165) is 4.88 Å². The summed E-state index contributed by atoms with van der Waals surface area (Å²) in [5.41, 5.74) is 0. The zero-order valence-electron chi connectivity index (χ0n) is 9.61. The molecule has 0 radical (unpaired) electrons. The van der Waals surface area contributed by atoms with Crippen molar-refractivity contribution in [1.29, 1.82) is 0 Å². The van der Waals surface area contributed by atoms with Gasteiger partial charge in [-0.15, -0.1) is 11.3 Å². The van der Waals surface area contributed by atoms with Crippen LogP contribution >= 0.6 is 11.3 Å². The fourth-order valence-corrected chi connectivity index (χ4v) is 1.83. The van der Waals surface area contributed by atoms with Gasteiger partial charge >= 0.3 is 11.9 Å². The Morgan fingerprint density at radius 1 is 1.41 bits per heavy atom. The molecule has 0 aliphatic heterocycles. The van der Waals surface area contributed by atoms with Gasteiger partial charge in [-0.25, -0.2) is 4.79 Å². The van der Waals surface area contributed by atoms with E-state index in [1.165, 1.54) is 18.4 Å². The largest absolute Gasteiger partial charge is 0.465 e. The minimum absolute atomic E-state index is 0.0549. The lowest BCUT2D eigenvalue weighted by Crippen LogP contribution is -2.01. The first kappa shape index (κ1) is 13.3. The van der Waals surface area contributed by atoms with E-state index in [1.807, 2.05) is 0 Å². The van der Waals surface area contributed by atoms with Crippen LogP contribution in [0.5, 0.6) is 0 Å². The van der Waals surface area contributed by atoms with Gasteiger partial charge in [0.25, 0.3) is 0 Å². The summed E-state index contributed by atoms with van der Waals surface area (Å²) in [6.07, 6.45) is 0.0549. The minimum Gasteiger partial charge on any atom is -0.465 e. The number of ether oxygens (including phenoxy) is 2. The topological polar surface area (TPSA) is 52.6 Å². The van der Waals surface area contributed by atoms with Crippen LogP contribution in [0.15, 0.2) is 12.1 Å². The monoisotopic (exact) mass is 252 g/mol. The maximum atomic E-state index is 11.2. The number of rotatable bonds is 3. The molecule has 0 amide bonds. The van der Waals surface area contributed by atoms with Crippen molar-refractivity contribution in [3.05, 3.63) is 21.9 Å². The third kappa shape index (κ3) is 4.29. The summed E-state index contributed by atoms with van der Waals surface area (Å²) >= 11 is 1.23. The van der Waals surface area contributed by atoms with E-state index in [-0.39, 0.29) is 18.4 Å².